The molecule has 3 rings (SSSR count). The topological polar surface area (TPSA) is 133 Å². The number of amides is 1. The molecule has 0 aliphatic carbocycles. The Labute approximate surface area is 184 Å². The van der Waals surface area contributed by atoms with Crippen LogP contribution in [0.2, 0.25) is 0 Å². The molecule has 1 amide bonds. The van der Waals surface area contributed by atoms with Crippen molar-refractivity contribution in [3.8, 4) is 5.75 Å². The van der Waals surface area contributed by atoms with E-state index in [2.05, 4.69) is 4.90 Å². The molecule has 0 saturated carbocycles. The van der Waals surface area contributed by atoms with E-state index in [9.17, 15) is 24.3 Å². The summed E-state index contributed by atoms with van der Waals surface area (Å²) in [4.78, 5) is 47.8. The average molecular weight is 440 g/mol. The molecule has 0 radical (unpaired) electrons. The van der Waals surface area contributed by atoms with Crippen LogP contribution in [0.5, 0.6) is 5.75 Å². The minimum absolute atomic E-state index is 0.100. The lowest BCUT2D eigenvalue weighted by Crippen LogP contribution is -2.45. The van der Waals surface area contributed by atoms with Gasteiger partial charge in [0.1, 0.15) is 11.8 Å². The second-order valence-corrected chi connectivity index (χ2v) is 7.47. The number of benzene rings is 2. The van der Waals surface area contributed by atoms with Crippen molar-refractivity contribution in [2.24, 2.45) is 0 Å². The zero-order chi connectivity index (χ0) is 23.1. The molecule has 1 heterocycles. The number of rotatable bonds is 9. The summed E-state index contributed by atoms with van der Waals surface area (Å²) in [5.74, 6) is -4.22. The number of ether oxygens (including phenoxy) is 1. The number of hydrogen-bond donors (Lipinski definition) is 3. The number of hydrogen-bond acceptors (Lipinski definition) is 6. The van der Waals surface area contributed by atoms with Gasteiger partial charge in [-0.05, 0) is 54.8 Å². The molecule has 168 valence electrons. The first-order valence-corrected chi connectivity index (χ1v) is 10.2. The lowest BCUT2D eigenvalue weighted by Gasteiger charge is -2.17. The van der Waals surface area contributed by atoms with Crippen LogP contribution in [0.3, 0.4) is 0 Å². The van der Waals surface area contributed by atoms with Gasteiger partial charge in [0.15, 0.2) is 12.4 Å². The van der Waals surface area contributed by atoms with Crippen LogP contribution in [0.4, 0.5) is 5.69 Å². The maximum atomic E-state index is 12.4. The smallest absolute Gasteiger partial charge is 0.394 e. The van der Waals surface area contributed by atoms with E-state index in [1.165, 1.54) is 12.8 Å². The fraction of sp³-hybridized carbons (Fsp3) is 0.304. The number of carboxylic acid groups (broad SMARTS) is 2. The molecule has 0 unspecified atom stereocenters. The summed E-state index contributed by atoms with van der Waals surface area (Å²) < 4.78 is 5.53. The molecule has 0 spiro atoms. The number of ketones is 1. The zero-order valence-electron chi connectivity index (χ0n) is 17.3. The van der Waals surface area contributed by atoms with Gasteiger partial charge in [-0.1, -0.05) is 12.1 Å². The van der Waals surface area contributed by atoms with Crippen molar-refractivity contribution in [1.29, 1.82) is 0 Å². The third-order valence-electron chi connectivity index (χ3n) is 5.19. The van der Waals surface area contributed by atoms with E-state index < -0.39 is 23.9 Å². The van der Waals surface area contributed by atoms with Crippen molar-refractivity contribution in [2.75, 3.05) is 24.6 Å². The maximum absolute atomic E-state index is 12.4. The van der Waals surface area contributed by atoms with Crippen LogP contribution in [0.15, 0.2) is 48.5 Å². The van der Waals surface area contributed by atoms with Crippen LogP contribution < -0.4 is 15.0 Å². The summed E-state index contributed by atoms with van der Waals surface area (Å²) in [6.07, 6.45) is 2.26. The fourth-order valence-electron chi connectivity index (χ4n) is 3.44. The highest BCUT2D eigenvalue weighted by Crippen LogP contribution is 2.21. The van der Waals surface area contributed by atoms with Crippen molar-refractivity contribution in [2.45, 2.75) is 25.3 Å². The van der Waals surface area contributed by atoms with Gasteiger partial charge in [-0.15, -0.1) is 0 Å². The van der Waals surface area contributed by atoms with Crippen LogP contribution in [0.25, 0.3) is 0 Å². The maximum Gasteiger partial charge on any atom is 0.394 e. The van der Waals surface area contributed by atoms with Crippen LogP contribution >= 0.6 is 0 Å². The number of Topliss-reactive ketones (excluding diaryl/α,β-unsaturated/α-hetero) is 1. The number of carboxylic acids is 2. The Bertz CT molecular complexity index is 980. The highest BCUT2D eigenvalue weighted by atomic mass is 16.5. The molecule has 32 heavy (non-hydrogen) atoms. The van der Waals surface area contributed by atoms with E-state index in [0.29, 0.717) is 16.9 Å². The predicted molar refractivity (Wildman–Crippen MR) is 115 cm³/mol. The summed E-state index contributed by atoms with van der Waals surface area (Å²) >= 11 is 0. The minimum atomic E-state index is -1.75. The molecule has 1 saturated heterocycles. The summed E-state index contributed by atoms with van der Waals surface area (Å²) in [5.41, 5.74) is 2.22. The lowest BCUT2D eigenvalue weighted by atomic mass is 10.1. The number of carbonyl (C=O) groups is 4. The summed E-state index contributed by atoms with van der Waals surface area (Å²) in [7, 11) is 0. The van der Waals surface area contributed by atoms with Crippen molar-refractivity contribution in [3.63, 3.8) is 0 Å². The molecule has 0 bridgehead atoms. The highest BCUT2D eigenvalue weighted by Gasteiger charge is 2.23. The Kier molecular flexibility index (Phi) is 7.43. The molecular formula is C23H24N2O7. The van der Waals surface area contributed by atoms with Crippen molar-refractivity contribution in [3.05, 3.63) is 59.7 Å². The van der Waals surface area contributed by atoms with Crippen molar-refractivity contribution in [1.82, 2.24) is 5.32 Å². The molecule has 2 aromatic rings. The van der Waals surface area contributed by atoms with Gasteiger partial charge in [-0.25, -0.2) is 9.59 Å². The van der Waals surface area contributed by atoms with E-state index in [4.69, 9.17) is 9.84 Å². The van der Waals surface area contributed by atoms with Gasteiger partial charge < -0.3 is 25.2 Å². The largest absolute Gasteiger partial charge is 0.485 e. The third kappa shape index (κ3) is 6.07. The molecular weight excluding hydrogens is 416 g/mol. The Hall–Kier alpha value is -3.88. The van der Waals surface area contributed by atoms with E-state index >= 15 is 0 Å². The normalized spacial score (nSPS) is 13.9. The summed E-state index contributed by atoms with van der Waals surface area (Å²) in [6.45, 7) is 1.92. The second-order valence-electron chi connectivity index (χ2n) is 7.47. The Morgan fingerprint density at radius 1 is 0.938 bits per heavy atom. The first-order valence-electron chi connectivity index (χ1n) is 10.2. The molecule has 1 fully saturated rings. The van der Waals surface area contributed by atoms with Gasteiger partial charge in [-0.3, -0.25) is 9.59 Å². The molecule has 3 N–H and O–H groups in total. The standard InChI is InChI=1S/C23H24N2O7/c26-20(16-5-7-17(8-6-16)25-11-1-2-12-25)14-32-18-9-3-15(4-10-18)13-19(22(28)29)24-21(27)23(30)31/h3-10,19H,1-2,11-14H2,(H,24,27)(H,28,29)(H,30,31)/t19-/m1/s1. The monoisotopic (exact) mass is 440 g/mol. The quantitative estimate of drug-likeness (QED) is 0.397. The first-order chi connectivity index (χ1) is 15.3. The molecule has 9 heteroatoms. The van der Waals surface area contributed by atoms with Gasteiger partial charge in [0.2, 0.25) is 0 Å². The SMILES string of the molecule is O=C(O)C(=O)N[C@H](Cc1ccc(OCC(=O)c2ccc(N3CCCC3)cc2)cc1)C(=O)O. The summed E-state index contributed by atoms with van der Waals surface area (Å²) in [5, 5.41) is 19.7. The van der Waals surface area contributed by atoms with Gasteiger partial charge in [-0.2, -0.15) is 0 Å². The first kappa shape index (κ1) is 22.8. The van der Waals surface area contributed by atoms with E-state index in [1.807, 2.05) is 17.4 Å². The Morgan fingerprint density at radius 3 is 2.12 bits per heavy atom. The average Bonchev–Trinajstić information content (AvgIpc) is 3.33. The van der Waals surface area contributed by atoms with Crippen LogP contribution in [0, 0.1) is 0 Å². The summed E-state index contributed by atoms with van der Waals surface area (Å²) in [6, 6.07) is 12.4. The lowest BCUT2D eigenvalue weighted by molar-refractivity contribution is -0.152. The molecule has 1 aliphatic heterocycles. The number of aliphatic carboxylic acids is 2. The van der Waals surface area contributed by atoms with E-state index in [-0.39, 0.29) is 18.8 Å². The van der Waals surface area contributed by atoms with Crippen LogP contribution in [-0.2, 0) is 20.8 Å². The number of nitrogens with zero attached hydrogens (tertiary/aromatic N) is 1. The number of anilines is 1. The van der Waals surface area contributed by atoms with Crippen molar-refractivity contribution >= 4 is 29.3 Å². The molecule has 1 atom stereocenters. The van der Waals surface area contributed by atoms with Crippen molar-refractivity contribution < 1.29 is 34.1 Å². The van der Waals surface area contributed by atoms with E-state index in [0.717, 1.165) is 18.8 Å². The van der Waals surface area contributed by atoms with Crippen LogP contribution in [0.1, 0.15) is 28.8 Å². The molecule has 1 aliphatic rings. The predicted octanol–water partition coefficient (Wildman–Crippen LogP) is 1.74. The Morgan fingerprint density at radius 2 is 1.56 bits per heavy atom. The van der Waals surface area contributed by atoms with Gasteiger partial charge in [0, 0.05) is 30.8 Å². The van der Waals surface area contributed by atoms with Crippen LogP contribution in [-0.4, -0.2) is 59.6 Å². The van der Waals surface area contributed by atoms with Gasteiger partial charge >= 0.3 is 17.8 Å². The fourth-order valence-corrected chi connectivity index (χ4v) is 3.44. The zero-order valence-corrected chi connectivity index (χ0v) is 17.3. The number of nitrogens with one attached hydrogen (secondary N) is 1. The second kappa shape index (κ2) is 10.4. The van der Waals surface area contributed by atoms with Gasteiger partial charge in [0.25, 0.3) is 0 Å². The molecule has 2 aromatic carbocycles. The van der Waals surface area contributed by atoms with Gasteiger partial charge in [0.05, 0.1) is 0 Å². The number of carbonyl (C=O) groups excluding carboxylic acids is 2. The minimum Gasteiger partial charge on any atom is -0.485 e. The van der Waals surface area contributed by atoms with E-state index in [1.54, 1.807) is 36.4 Å². The third-order valence-corrected chi connectivity index (χ3v) is 5.19. The molecule has 0 aromatic heterocycles. The Balaban J connectivity index is 1.52. The molecule has 9 nitrogen and oxygen atoms in total. The highest BCUT2D eigenvalue weighted by molar-refractivity contribution is 6.31.